The van der Waals surface area contributed by atoms with Gasteiger partial charge in [-0.15, -0.1) is 21.5 Å². The van der Waals surface area contributed by atoms with Gasteiger partial charge in [-0.1, -0.05) is 23.9 Å². The topological polar surface area (TPSA) is 97.5 Å². The highest BCUT2D eigenvalue weighted by atomic mass is 32.2. The van der Waals surface area contributed by atoms with Gasteiger partial charge < -0.3 is 14.7 Å². The van der Waals surface area contributed by atoms with Gasteiger partial charge in [0.25, 0.3) is 0 Å². The van der Waals surface area contributed by atoms with Crippen molar-refractivity contribution in [1.29, 1.82) is 0 Å². The number of nitrogens with zero attached hydrogens (tertiary/aromatic N) is 4. The maximum absolute atomic E-state index is 12.8. The van der Waals surface area contributed by atoms with Gasteiger partial charge in [0.1, 0.15) is 5.75 Å². The van der Waals surface area contributed by atoms with E-state index < -0.39 is 5.97 Å². The summed E-state index contributed by atoms with van der Waals surface area (Å²) in [6.45, 7) is 2.94. The number of piperidine rings is 1. The van der Waals surface area contributed by atoms with Gasteiger partial charge in [-0.25, -0.2) is 0 Å². The molecular formula is C22H24N4O4S2. The van der Waals surface area contributed by atoms with Crippen LogP contribution in [0.1, 0.15) is 18.4 Å². The number of amides is 1. The van der Waals surface area contributed by atoms with E-state index in [9.17, 15) is 9.59 Å². The number of carboxylic acid groups (broad SMARTS) is 1. The zero-order valence-corrected chi connectivity index (χ0v) is 19.5. The van der Waals surface area contributed by atoms with Gasteiger partial charge in [-0.05, 0) is 48.9 Å². The quantitative estimate of drug-likeness (QED) is 0.523. The van der Waals surface area contributed by atoms with Crippen molar-refractivity contribution in [3.8, 4) is 22.1 Å². The lowest BCUT2D eigenvalue weighted by Crippen LogP contribution is -2.41. The van der Waals surface area contributed by atoms with Gasteiger partial charge in [0.2, 0.25) is 5.91 Å². The number of hydrogen-bond donors (Lipinski definition) is 1. The number of aromatic nitrogens is 3. The van der Waals surface area contributed by atoms with E-state index in [2.05, 4.69) is 10.2 Å². The minimum Gasteiger partial charge on any atom is -0.495 e. The molecule has 4 rings (SSSR count). The Morgan fingerprint density at radius 2 is 2.03 bits per heavy atom. The van der Waals surface area contributed by atoms with Crippen LogP contribution in [0.5, 0.6) is 5.75 Å². The number of rotatable bonds is 7. The number of thioether (sulfide) groups is 1. The largest absolute Gasteiger partial charge is 0.495 e. The fourth-order valence-corrected chi connectivity index (χ4v) is 5.26. The first-order valence-corrected chi connectivity index (χ1v) is 12.1. The second kappa shape index (κ2) is 9.74. The number of aryl methyl sites for hydroxylation is 1. The first kappa shape index (κ1) is 22.3. The number of aliphatic carboxylic acids is 1. The summed E-state index contributed by atoms with van der Waals surface area (Å²) in [5.74, 6) is 0.416. The minimum atomic E-state index is -0.784. The molecule has 8 nitrogen and oxygen atoms in total. The first-order valence-electron chi connectivity index (χ1n) is 10.3. The molecule has 0 spiro atoms. The van der Waals surface area contributed by atoms with Gasteiger partial charge in [0, 0.05) is 13.1 Å². The van der Waals surface area contributed by atoms with Gasteiger partial charge in [0.15, 0.2) is 11.0 Å². The molecule has 0 aliphatic carbocycles. The van der Waals surface area contributed by atoms with Gasteiger partial charge in [-0.2, -0.15) is 0 Å². The third-order valence-electron chi connectivity index (χ3n) is 5.47. The molecule has 168 valence electrons. The number of carboxylic acids is 1. The SMILES string of the molecule is COc1ccc(C)cc1-n1c(SCC(=O)N2CCC(C(=O)O)CC2)nnc1-c1cccs1. The summed E-state index contributed by atoms with van der Waals surface area (Å²) in [7, 11) is 1.63. The summed E-state index contributed by atoms with van der Waals surface area (Å²) in [6, 6.07) is 9.86. The number of likely N-dealkylation sites (tertiary alicyclic amines) is 1. The molecule has 0 atom stereocenters. The summed E-state index contributed by atoms with van der Waals surface area (Å²) >= 11 is 2.89. The van der Waals surface area contributed by atoms with Crippen LogP contribution in [0.2, 0.25) is 0 Å². The maximum Gasteiger partial charge on any atom is 0.306 e. The number of benzene rings is 1. The Kier molecular flexibility index (Phi) is 6.80. The Bertz CT molecular complexity index is 1110. The van der Waals surface area contributed by atoms with E-state index in [1.54, 1.807) is 23.3 Å². The number of carbonyl (C=O) groups excluding carboxylic acids is 1. The second-order valence-corrected chi connectivity index (χ2v) is 9.47. The Labute approximate surface area is 194 Å². The highest BCUT2D eigenvalue weighted by Gasteiger charge is 2.27. The molecule has 1 saturated heterocycles. The fraction of sp³-hybridized carbons (Fsp3) is 0.364. The predicted molar refractivity (Wildman–Crippen MR) is 124 cm³/mol. The van der Waals surface area contributed by atoms with E-state index in [4.69, 9.17) is 9.84 Å². The van der Waals surface area contributed by atoms with E-state index in [0.717, 1.165) is 16.1 Å². The van der Waals surface area contributed by atoms with Crippen molar-refractivity contribution < 1.29 is 19.4 Å². The summed E-state index contributed by atoms with van der Waals surface area (Å²) in [6.07, 6.45) is 0.982. The van der Waals surface area contributed by atoms with E-state index in [-0.39, 0.29) is 17.6 Å². The molecule has 3 aromatic rings. The molecule has 32 heavy (non-hydrogen) atoms. The molecule has 0 unspecified atom stereocenters. The molecule has 1 N–H and O–H groups in total. The van der Waals surface area contributed by atoms with Gasteiger partial charge in [0.05, 0.1) is 29.3 Å². The van der Waals surface area contributed by atoms with Crippen molar-refractivity contribution in [2.24, 2.45) is 5.92 Å². The molecule has 1 aliphatic heterocycles. The van der Waals surface area contributed by atoms with E-state index in [1.165, 1.54) is 11.8 Å². The number of methoxy groups -OCH3 is 1. The van der Waals surface area contributed by atoms with Crippen LogP contribution in [0, 0.1) is 12.8 Å². The zero-order valence-electron chi connectivity index (χ0n) is 17.9. The summed E-state index contributed by atoms with van der Waals surface area (Å²) in [4.78, 5) is 26.6. The van der Waals surface area contributed by atoms with E-state index in [0.29, 0.717) is 42.7 Å². The predicted octanol–water partition coefficient (Wildman–Crippen LogP) is 3.73. The first-order chi connectivity index (χ1) is 15.5. The second-order valence-electron chi connectivity index (χ2n) is 7.58. The van der Waals surface area contributed by atoms with Crippen molar-refractivity contribution in [3.05, 3.63) is 41.3 Å². The van der Waals surface area contributed by atoms with Crippen molar-refractivity contribution in [1.82, 2.24) is 19.7 Å². The Morgan fingerprint density at radius 3 is 2.69 bits per heavy atom. The Balaban J connectivity index is 1.58. The smallest absolute Gasteiger partial charge is 0.306 e. The molecule has 3 heterocycles. The van der Waals surface area contributed by atoms with Gasteiger partial charge >= 0.3 is 5.97 Å². The number of thiophene rings is 1. The van der Waals surface area contributed by atoms with Crippen LogP contribution in [0.4, 0.5) is 0 Å². The third kappa shape index (κ3) is 4.66. The summed E-state index contributed by atoms with van der Waals surface area (Å²) < 4.78 is 7.53. The average Bonchev–Trinajstić information content (AvgIpc) is 3.47. The highest BCUT2D eigenvalue weighted by Crippen LogP contribution is 2.34. The fourth-order valence-electron chi connectivity index (χ4n) is 3.71. The van der Waals surface area contributed by atoms with Crippen LogP contribution in [-0.2, 0) is 9.59 Å². The average molecular weight is 473 g/mol. The Hall–Kier alpha value is -2.85. The van der Waals surface area contributed by atoms with Crippen molar-refractivity contribution in [3.63, 3.8) is 0 Å². The number of ether oxygens (including phenoxy) is 1. The van der Waals surface area contributed by atoms with Crippen LogP contribution in [-0.4, -0.2) is 62.6 Å². The molecule has 1 aliphatic rings. The van der Waals surface area contributed by atoms with Crippen molar-refractivity contribution >= 4 is 35.0 Å². The third-order valence-corrected chi connectivity index (χ3v) is 7.25. The Morgan fingerprint density at radius 1 is 1.25 bits per heavy atom. The molecule has 1 aromatic carbocycles. The van der Waals surface area contributed by atoms with E-state index in [1.807, 2.05) is 47.2 Å². The van der Waals surface area contributed by atoms with Crippen molar-refractivity contribution in [2.75, 3.05) is 26.0 Å². The van der Waals surface area contributed by atoms with Crippen LogP contribution in [0.25, 0.3) is 16.4 Å². The molecule has 1 fully saturated rings. The standard InChI is InChI=1S/C22H24N4O4S2/c1-14-5-6-17(30-2)16(12-14)26-20(18-4-3-11-31-18)23-24-22(26)32-13-19(27)25-9-7-15(8-10-25)21(28)29/h3-6,11-12,15H,7-10,13H2,1-2H3,(H,28,29). The van der Waals surface area contributed by atoms with Crippen LogP contribution < -0.4 is 4.74 Å². The lowest BCUT2D eigenvalue weighted by Gasteiger charge is -2.30. The normalized spacial score (nSPS) is 14.5. The van der Waals surface area contributed by atoms with Crippen molar-refractivity contribution in [2.45, 2.75) is 24.9 Å². The lowest BCUT2D eigenvalue weighted by atomic mass is 9.97. The summed E-state index contributed by atoms with van der Waals surface area (Å²) in [5, 5.41) is 20.6. The zero-order chi connectivity index (χ0) is 22.7. The van der Waals surface area contributed by atoms with Gasteiger partial charge in [-0.3, -0.25) is 14.2 Å². The maximum atomic E-state index is 12.8. The summed E-state index contributed by atoms with van der Waals surface area (Å²) in [5.41, 5.74) is 1.89. The molecule has 0 bridgehead atoms. The monoisotopic (exact) mass is 472 g/mol. The minimum absolute atomic E-state index is 0.0257. The molecule has 0 saturated carbocycles. The molecule has 1 amide bonds. The molecule has 10 heteroatoms. The van der Waals surface area contributed by atoms with Crippen LogP contribution in [0.15, 0.2) is 40.9 Å². The highest BCUT2D eigenvalue weighted by molar-refractivity contribution is 7.99. The van der Waals surface area contributed by atoms with Crippen LogP contribution >= 0.6 is 23.1 Å². The van der Waals surface area contributed by atoms with E-state index >= 15 is 0 Å². The van der Waals surface area contributed by atoms with Crippen LogP contribution in [0.3, 0.4) is 0 Å². The molecular weight excluding hydrogens is 448 g/mol. The molecule has 2 aromatic heterocycles. The number of hydrogen-bond acceptors (Lipinski definition) is 7. The molecule has 0 radical (unpaired) electrons. The number of carbonyl (C=O) groups is 2. The lowest BCUT2D eigenvalue weighted by molar-refractivity contribution is -0.145.